The van der Waals surface area contributed by atoms with Crippen molar-refractivity contribution in [1.29, 1.82) is 0 Å². The molecule has 0 saturated heterocycles. The summed E-state index contributed by atoms with van der Waals surface area (Å²) in [5.41, 5.74) is 1.14. The number of hydrogen-bond acceptors (Lipinski definition) is 4. The maximum absolute atomic E-state index is 5.51. The number of anilines is 1. The van der Waals surface area contributed by atoms with Crippen LogP contribution in [0.1, 0.15) is 24.1 Å². The van der Waals surface area contributed by atoms with Crippen molar-refractivity contribution in [2.75, 3.05) is 5.32 Å². The highest BCUT2D eigenvalue weighted by Gasteiger charge is 2.06. The molecule has 90 valence electrons. The van der Waals surface area contributed by atoms with Gasteiger partial charge >= 0.3 is 0 Å². The molecule has 5 heteroatoms. The van der Waals surface area contributed by atoms with Crippen LogP contribution in [0, 0.1) is 6.92 Å². The second-order valence-corrected chi connectivity index (χ2v) is 4.51. The molecule has 0 atom stereocenters. The standard InChI is InChI=1S/C12H14BrN3O/c1-3-9-6-15-10(17-9)7-16-12-11(13)8(2)4-5-14-12/h4-6H,3,7H2,1-2H3,(H,14,16). The lowest BCUT2D eigenvalue weighted by Crippen LogP contribution is -2.02. The highest BCUT2D eigenvalue weighted by atomic mass is 79.9. The smallest absolute Gasteiger partial charge is 0.213 e. The third-order valence-corrected chi connectivity index (χ3v) is 3.44. The molecule has 0 spiro atoms. The summed E-state index contributed by atoms with van der Waals surface area (Å²) < 4.78 is 6.48. The fourth-order valence-corrected chi connectivity index (χ4v) is 1.79. The first-order valence-corrected chi connectivity index (χ1v) is 6.28. The molecule has 0 aliphatic rings. The highest BCUT2D eigenvalue weighted by Crippen LogP contribution is 2.23. The Balaban J connectivity index is 2.04. The normalized spacial score (nSPS) is 10.5. The number of oxazole rings is 1. The molecule has 0 aromatic carbocycles. The van der Waals surface area contributed by atoms with E-state index in [9.17, 15) is 0 Å². The zero-order valence-corrected chi connectivity index (χ0v) is 11.4. The minimum atomic E-state index is 0.537. The Bertz CT molecular complexity index is 510. The number of pyridine rings is 1. The third kappa shape index (κ3) is 2.85. The van der Waals surface area contributed by atoms with Crippen molar-refractivity contribution in [3.63, 3.8) is 0 Å². The van der Waals surface area contributed by atoms with Crippen molar-refractivity contribution in [3.8, 4) is 0 Å². The maximum Gasteiger partial charge on any atom is 0.213 e. The molecule has 2 rings (SSSR count). The second-order valence-electron chi connectivity index (χ2n) is 3.72. The van der Waals surface area contributed by atoms with Crippen LogP contribution in [0.2, 0.25) is 0 Å². The van der Waals surface area contributed by atoms with Gasteiger partial charge in [-0.1, -0.05) is 6.92 Å². The van der Waals surface area contributed by atoms with Crippen molar-refractivity contribution in [2.45, 2.75) is 26.8 Å². The van der Waals surface area contributed by atoms with Gasteiger partial charge in [0.1, 0.15) is 11.6 Å². The van der Waals surface area contributed by atoms with E-state index in [0.717, 1.165) is 28.0 Å². The van der Waals surface area contributed by atoms with Crippen LogP contribution in [-0.4, -0.2) is 9.97 Å². The fourth-order valence-electron chi connectivity index (χ4n) is 1.42. The quantitative estimate of drug-likeness (QED) is 0.940. The monoisotopic (exact) mass is 295 g/mol. The van der Waals surface area contributed by atoms with Crippen LogP contribution in [0.5, 0.6) is 0 Å². The Morgan fingerprint density at radius 2 is 2.24 bits per heavy atom. The Hall–Kier alpha value is -1.36. The molecule has 0 aliphatic heterocycles. The van der Waals surface area contributed by atoms with Gasteiger partial charge in [0, 0.05) is 12.6 Å². The average Bonchev–Trinajstić information content (AvgIpc) is 2.79. The van der Waals surface area contributed by atoms with E-state index in [1.807, 2.05) is 19.9 Å². The summed E-state index contributed by atoms with van der Waals surface area (Å²) in [6, 6.07) is 1.95. The first kappa shape index (κ1) is 12.1. The Kier molecular flexibility index (Phi) is 3.78. The number of hydrogen-bond donors (Lipinski definition) is 1. The Labute approximate surface area is 109 Å². The van der Waals surface area contributed by atoms with Gasteiger partial charge in [-0.25, -0.2) is 9.97 Å². The number of aromatic nitrogens is 2. The van der Waals surface area contributed by atoms with E-state index in [-0.39, 0.29) is 0 Å². The minimum Gasteiger partial charge on any atom is -0.444 e. The zero-order valence-electron chi connectivity index (χ0n) is 9.83. The van der Waals surface area contributed by atoms with E-state index in [4.69, 9.17) is 4.42 Å². The van der Waals surface area contributed by atoms with Gasteiger partial charge in [-0.15, -0.1) is 0 Å². The van der Waals surface area contributed by atoms with Gasteiger partial charge in [0.05, 0.1) is 17.2 Å². The predicted octanol–water partition coefficient (Wildman–Crippen LogP) is 3.32. The van der Waals surface area contributed by atoms with Crippen LogP contribution in [0.4, 0.5) is 5.82 Å². The van der Waals surface area contributed by atoms with Crippen molar-refractivity contribution < 1.29 is 4.42 Å². The molecule has 0 saturated carbocycles. The molecule has 0 unspecified atom stereocenters. The average molecular weight is 296 g/mol. The van der Waals surface area contributed by atoms with Crippen molar-refractivity contribution in [2.24, 2.45) is 0 Å². The Morgan fingerprint density at radius 3 is 2.94 bits per heavy atom. The number of aryl methyl sites for hydroxylation is 2. The van der Waals surface area contributed by atoms with E-state index in [2.05, 4.69) is 31.2 Å². The summed E-state index contributed by atoms with van der Waals surface area (Å²) in [7, 11) is 0. The molecule has 2 aromatic heterocycles. The first-order valence-electron chi connectivity index (χ1n) is 5.49. The fraction of sp³-hybridized carbons (Fsp3) is 0.333. The van der Waals surface area contributed by atoms with Crippen LogP contribution in [0.3, 0.4) is 0 Å². The zero-order chi connectivity index (χ0) is 12.3. The molecule has 0 aliphatic carbocycles. The van der Waals surface area contributed by atoms with Gasteiger partial charge in [-0.2, -0.15) is 0 Å². The molecule has 0 amide bonds. The third-order valence-electron chi connectivity index (χ3n) is 2.44. The van der Waals surface area contributed by atoms with E-state index < -0.39 is 0 Å². The van der Waals surface area contributed by atoms with Crippen LogP contribution < -0.4 is 5.32 Å². The minimum absolute atomic E-state index is 0.537. The molecule has 4 nitrogen and oxygen atoms in total. The maximum atomic E-state index is 5.51. The van der Waals surface area contributed by atoms with Crippen molar-refractivity contribution in [3.05, 3.63) is 40.1 Å². The van der Waals surface area contributed by atoms with Gasteiger partial charge < -0.3 is 9.73 Å². The first-order chi connectivity index (χ1) is 8.20. The van der Waals surface area contributed by atoms with E-state index >= 15 is 0 Å². The highest BCUT2D eigenvalue weighted by molar-refractivity contribution is 9.10. The van der Waals surface area contributed by atoms with E-state index in [1.54, 1.807) is 12.4 Å². The van der Waals surface area contributed by atoms with Crippen LogP contribution in [-0.2, 0) is 13.0 Å². The van der Waals surface area contributed by atoms with Gasteiger partial charge in [0.15, 0.2) is 0 Å². The molecule has 1 N–H and O–H groups in total. The van der Waals surface area contributed by atoms with E-state index in [0.29, 0.717) is 12.4 Å². The second kappa shape index (κ2) is 5.31. The number of rotatable bonds is 4. The lowest BCUT2D eigenvalue weighted by Gasteiger charge is -2.06. The SMILES string of the molecule is CCc1cnc(CNc2nccc(C)c2Br)o1. The summed E-state index contributed by atoms with van der Waals surface area (Å²) in [5.74, 6) is 2.39. The lowest BCUT2D eigenvalue weighted by molar-refractivity contribution is 0.465. The van der Waals surface area contributed by atoms with Crippen molar-refractivity contribution in [1.82, 2.24) is 9.97 Å². The van der Waals surface area contributed by atoms with Crippen LogP contribution in [0.15, 0.2) is 27.3 Å². The molecular weight excluding hydrogens is 282 g/mol. The summed E-state index contributed by atoms with van der Waals surface area (Å²) in [4.78, 5) is 8.44. The molecule has 0 bridgehead atoms. The van der Waals surface area contributed by atoms with Gasteiger partial charge in [-0.05, 0) is 34.5 Å². The van der Waals surface area contributed by atoms with Crippen molar-refractivity contribution >= 4 is 21.7 Å². The molecule has 2 heterocycles. The topological polar surface area (TPSA) is 51.0 Å². The molecule has 17 heavy (non-hydrogen) atoms. The van der Waals surface area contributed by atoms with Gasteiger partial charge in [0.2, 0.25) is 5.89 Å². The largest absolute Gasteiger partial charge is 0.444 e. The van der Waals surface area contributed by atoms with E-state index in [1.165, 1.54) is 0 Å². The number of halogens is 1. The van der Waals surface area contributed by atoms with Crippen LogP contribution in [0.25, 0.3) is 0 Å². The summed E-state index contributed by atoms with van der Waals surface area (Å²) in [6.07, 6.45) is 4.39. The lowest BCUT2D eigenvalue weighted by atomic mass is 10.3. The molecule has 0 radical (unpaired) electrons. The molecule has 2 aromatic rings. The summed E-state index contributed by atoms with van der Waals surface area (Å²) in [5, 5.41) is 3.19. The summed E-state index contributed by atoms with van der Waals surface area (Å²) in [6.45, 7) is 4.60. The van der Waals surface area contributed by atoms with Gasteiger partial charge in [-0.3, -0.25) is 0 Å². The van der Waals surface area contributed by atoms with Crippen LogP contribution >= 0.6 is 15.9 Å². The molecule has 0 fully saturated rings. The number of nitrogens with one attached hydrogen (secondary N) is 1. The molecular formula is C12H14BrN3O. The van der Waals surface area contributed by atoms with Gasteiger partial charge in [0.25, 0.3) is 0 Å². The predicted molar refractivity (Wildman–Crippen MR) is 69.9 cm³/mol. The number of nitrogens with zero attached hydrogens (tertiary/aromatic N) is 2. The Morgan fingerprint density at radius 1 is 1.41 bits per heavy atom. The summed E-state index contributed by atoms with van der Waals surface area (Å²) >= 11 is 3.50.